The van der Waals surface area contributed by atoms with E-state index in [1.165, 1.54) is 37.8 Å². The molecule has 0 radical (unpaired) electrons. The van der Waals surface area contributed by atoms with Gasteiger partial charge in [-0.1, -0.05) is 24.3 Å². The minimum atomic E-state index is -0.761. The van der Waals surface area contributed by atoms with E-state index in [0.717, 1.165) is 31.2 Å². The number of benzene rings is 1. The number of hydrogen-bond acceptors (Lipinski definition) is 1. The smallest absolute Gasteiger partial charge is 0.159 e. The third-order valence-electron chi connectivity index (χ3n) is 6.10. The average Bonchev–Trinajstić information content (AvgIpc) is 2.68. The van der Waals surface area contributed by atoms with Crippen molar-refractivity contribution in [1.82, 2.24) is 0 Å². The van der Waals surface area contributed by atoms with Gasteiger partial charge in [0.25, 0.3) is 0 Å². The molecule has 0 aliphatic heterocycles. The summed E-state index contributed by atoms with van der Waals surface area (Å²) in [4.78, 5) is 0. The Hall–Kier alpha value is -1.95. The van der Waals surface area contributed by atoms with Gasteiger partial charge >= 0.3 is 0 Å². The molecule has 2 fully saturated rings. The van der Waals surface area contributed by atoms with Gasteiger partial charge in [-0.2, -0.15) is 5.26 Å². The van der Waals surface area contributed by atoms with Crippen molar-refractivity contribution in [3.05, 3.63) is 59.7 Å². The lowest BCUT2D eigenvalue weighted by atomic mass is 9.77. The second-order valence-electron chi connectivity index (χ2n) is 7.83. The molecule has 2 aliphatic rings. The van der Waals surface area contributed by atoms with Crippen molar-refractivity contribution in [2.75, 3.05) is 0 Å². The molecule has 0 atom stereocenters. The molecule has 3 rings (SSSR count). The Morgan fingerprint density at radius 2 is 1.31 bits per heavy atom. The van der Waals surface area contributed by atoms with Gasteiger partial charge in [0, 0.05) is 6.08 Å². The van der Waals surface area contributed by atoms with Gasteiger partial charge in [0.05, 0.1) is 6.07 Å². The number of hydrogen-bond donors (Lipinski definition) is 0. The summed E-state index contributed by atoms with van der Waals surface area (Å²) in [6.45, 7) is 0. The van der Waals surface area contributed by atoms with Crippen molar-refractivity contribution >= 4 is 0 Å². The van der Waals surface area contributed by atoms with Crippen molar-refractivity contribution in [2.45, 2.75) is 57.3 Å². The van der Waals surface area contributed by atoms with E-state index in [1.54, 1.807) is 12.1 Å². The Kier molecular flexibility index (Phi) is 6.61. The zero-order valence-electron chi connectivity index (χ0n) is 15.2. The summed E-state index contributed by atoms with van der Waals surface area (Å²) in [5.41, 5.74) is 0.940. The van der Waals surface area contributed by atoms with Crippen LogP contribution in [0.4, 0.5) is 8.78 Å². The molecular weight excluding hydrogens is 328 g/mol. The third kappa shape index (κ3) is 5.04. The van der Waals surface area contributed by atoms with Gasteiger partial charge in [-0.05, 0) is 92.7 Å². The molecule has 138 valence electrons. The lowest BCUT2D eigenvalue weighted by molar-refractivity contribution is 0.348. The van der Waals surface area contributed by atoms with E-state index in [0.29, 0.717) is 23.7 Å². The van der Waals surface area contributed by atoms with Crippen LogP contribution in [0.3, 0.4) is 0 Å². The van der Waals surface area contributed by atoms with Crippen LogP contribution in [0.1, 0.15) is 62.8 Å². The van der Waals surface area contributed by atoms with Crippen LogP contribution in [0.5, 0.6) is 0 Å². The Balaban J connectivity index is 1.44. The molecule has 2 aliphatic carbocycles. The topological polar surface area (TPSA) is 23.8 Å². The maximum atomic E-state index is 13.4. The summed E-state index contributed by atoms with van der Waals surface area (Å²) >= 11 is 0. The highest BCUT2D eigenvalue weighted by Crippen LogP contribution is 2.37. The normalized spacial score (nSPS) is 29.9. The largest absolute Gasteiger partial charge is 0.204 e. The van der Waals surface area contributed by atoms with Gasteiger partial charge in [0.1, 0.15) is 0 Å². The maximum Gasteiger partial charge on any atom is 0.159 e. The van der Waals surface area contributed by atoms with E-state index in [2.05, 4.69) is 24.3 Å². The Labute approximate surface area is 155 Å². The van der Waals surface area contributed by atoms with Crippen molar-refractivity contribution in [2.24, 2.45) is 17.8 Å². The lowest BCUT2D eigenvalue weighted by Gasteiger charge is -2.28. The zero-order valence-corrected chi connectivity index (χ0v) is 15.2. The van der Waals surface area contributed by atoms with E-state index in [1.807, 2.05) is 0 Å². The first-order chi connectivity index (χ1) is 12.7. The maximum absolute atomic E-state index is 13.4. The fourth-order valence-corrected chi connectivity index (χ4v) is 4.43. The highest BCUT2D eigenvalue weighted by Gasteiger charge is 2.23. The summed E-state index contributed by atoms with van der Waals surface area (Å²) in [5, 5.41) is 8.61. The highest BCUT2D eigenvalue weighted by molar-refractivity contribution is 5.22. The summed E-state index contributed by atoms with van der Waals surface area (Å²) in [6, 6.07) is 6.44. The molecule has 0 unspecified atom stereocenters. The second kappa shape index (κ2) is 9.12. The van der Waals surface area contributed by atoms with Crippen LogP contribution in [-0.2, 0) is 0 Å². The van der Waals surface area contributed by atoms with E-state index >= 15 is 0 Å². The molecule has 1 nitrogen and oxygen atoms in total. The van der Waals surface area contributed by atoms with Crippen LogP contribution >= 0.6 is 0 Å². The molecule has 3 heteroatoms. The van der Waals surface area contributed by atoms with Crippen LogP contribution in [0.2, 0.25) is 0 Å². The van der Waals surface area contributed by atoms with Gasteiger partial charge in [-0.3, -0.25) is 0 Å². The molecule has 0 amide bonds. The van der Waals surface area contributed by atoms with Crippen LogP contribution in [0, 0.1) is 40.7 Å². The Morgan fingerprint density at radius 3 is 1.85 bits per heavy atom. The van der Waals surface area contributed by atoms with Crippen LogP contribution in [0.15, 0.2) is 42.5 Å². The van der Waals surface area contributed by atoms with Crippen molar-refractivity contribution in [1.29, 1.82) is 5.26 Å². The number of halogens is 2. The molecular formula is C23H27F2N. The predicted octanol–water partition coefficient (Wildman–Crippen LogP) is 6.68. The summed E-state index contributed by atoms with van der Waals surface area (Å²) in [7, 11) is 0. The van der Waals surface area contributed by atoms with Gasteiger partial charge < -0.3 is 0 Å². The molecule has 26 heavy (non-hydrogen) atoms. The molecule has 2 saturated carbocycles. The number of nitriles is 1. The SMILES string of the molecule is N#CC=CC1CCC(C=CC2CCC(c3ccc(F)c(F)c3)CC2)CC1. The molecule has 0 saturated heterocycles. The first-order valence-corrected chi connectivity index (χ1v) is 9.85. The van der Waals surface area contributed by atoms with Crippen molar-refractivity contribution in [3.63, 3.8) is 0 Å². The summed E-state index contributed by atoms with van der Waals surface area (Å²) < 4.78 is 26.5. The van der Waals surface area contributed by atoms with Gasteiger partial charge in [-0.15, -0.1) is 0 Å². The van der Waals surface area contributed by atoms with Gasteiger partial charge in [0.15, 0.2) is 11.6 Å². The van der Waals surface area contributed by atoms with E-state index in [4.69, 9.17) is 5.26 Å². The zero-order chi connectivity index (χ0) is 18.4. The van der Waals surface area contributed by atoms with E-state index < -0.39 is 11.6 Å². The lowest BCUT2D eigenvalue weighted by Crippen LogP contribution is -2.14. The number of allylic oxidation sites excluding steroid dienone is 4. The Morgan fingerprint density at radius 1 is 0.769 bits per heavy atom. The highest BCUT2D eigenvalue weighted by atomic mass is 19.2. The predicted molar refractivity (Wildman–Crippen MR) is 100 cm³/mol. The first kappa shape index (κ1) is 18.8. The first-order valence-electron chi connectivity index (χ1n) is 9.85. The minimum Gasteiger partial charge on any atom is -0.204 e. The third-order valence-corrected chi connectivity index (χ3v) is 6.10. The fraction of sp³-hybridized carbons (Fsp3) is 0.522. The summed E-state index contributed by atoms with van der Waals surface area (Å²) in [6.07, 6.45) is 17.6. The van der Waals surface area contributed by atoms with E-state index in [-0.39, 0.29) is 0 Å². The number of rotatable bonds is 4. The van der Waals surface area contributed by atoms with Crippen molar-refractivity contribution in [3.8, 4) is 6.07 Å². The van der Waals surface area contributed by atoms with Crippen molar-refractivity contribution < 1.29 is 8.78 Å². The van der Waals surface area contributed by atoms with Gasteiger partial charge in [-0.25, -0.2) is 8.78 Å². The number of nitrogens with zero attached hydrogens (tertiary/aromatic N) is 1. The fourth-order valence-electron chi connectivity index (χ4n) is 4.43. The average molecular weight is 355 g/mol. The quantitative estimate of drug-likeness (QED) is 0.436. The van der Waals surface area contributed by atoms with Crippen LogP contribution in [-0.4, -0.2) is 0 Å². The summed E-state index contributed by atoms with van der Waals surface area (Å²) in [5.74, 6) is 0.731. The van der Waals surface area contributed by atoms with Crippen LogP contribution in [0.25, 0.3) is 0 Å². The van der Waals surface area contributed by atoms with E-state index in [9.17, 15) is 8.78 Å². The van der Waals surface area contributed by atoms with Crippen LogP contribution < -0.4 is 0 Å². The molecule has 1 aromatic carbocycles. The Bertz CT molecular complexity index is 685. The molecule has 0 aromatic heterocycles. The van der Waals surface area contributed by atoms with Gasteiger partial charge in [0.2, 0.25) is 0 Å². The molecule has 0 bridgehead atoms. The second-order valence-corrected chi connectivity index (χ2v) is 7.83. The molecule has 0 heterocycles. The minimum absolute atomic E-state index is 0.358. The monoisotopic (exact) mass is 355 g/mol. The molecule has 1 aromatic rings. The molecule has 0 N–H and O–H groups in total. The standard InChI is InChI=1S/C23H27F2N/c24-22-14-13-21(16-23(22)25)20-11-9-19(10-12-20)8-7-18-5-3-17(4-6-18)2-1-15-26/h1-2,7-8,13-14,16-20H,3-6,9-12H2. The molecule has 0 spiro atoms.